The standard InChI is InChI=1S/C17H25ClN2O/c1-3-4-10-17(11-6-5-9-15(17)18)20-16(21)14-8-7-12-19-13(14)2/h7-8,12,15H,3-6,9-11H2,1-2H3,(H,20,21). The van der Waals surface area contributed by atoms with Gasteiger partial charge in [0, 0.05) is 11.9 Å². The van der Waals surface area contributed by atoms with Crippen LogP contribution < -0.4 is 5.32 Å². The van der Waals surface area contributed by atoms with Gasteiger partial charge in [0.25, 0.3) is 5.91 Å². The first-order chi connectivity index (χ1) is 10.1. The molecule has 116 valence electrons. The monoisotopic (exact) mass is 308 g/mol. The van der Waals surface area contributed by atoms with E-state index in [9.17, 15) is 4.79 Å². The molecule has 1 amide bonds. The molecule has 3 nitrogen and oxygen atoms in total. The van der Waals surface area contributed by atoms with Crippen LogP contribution in [0.15, 0.2) is 18.3 Å². The number of amides is 1. The topological polar surface area (TPSA) is 42.0 Å². The van der Waals surface area contributed by atoms with Crippen LogP contribution in [-0.4, -0.2) is 21.8 Å². The lowest BCUT2D eigenvalue weighted by Crippen LogP contribution is -2.56. The molecule has 2 unspecified atom stereocenters. The van der Waals surface area contributed by atoms with Gasteiger partial charge in [-0.05, 0) is 38.3 Å². The van der Waals surface area contributed by atoms with E-state index in [2.05, 4.69) is 17.2 Å². The number of nitrogens with zero attached hydrogens (tertiary/aromatic N) is 1. The third kappa shape index (κ3) is 3.76. The average Bonchev–Trinajstić information content (AvgIpc) is 2.48. The quantitative estimate of drug-likeness (QED) is 0.827. The summed E-state index contributed by atoms with van der Waals surface area (Å²) < 4.78 is 0. The molecule has 2 rings (SSSR count). The molecule has 0 saturated heterocycles. The highest BCUT2D eigenvalue weighted by Crippen LogP contribution is 2.36. The number of carbonyl (C=O) groups excluding carboxylic acids is 1. The first kappa shape index (κ1) is 16.3. The summed E-state index contributed by atoms with van der Waals surface area (Å²) in [6, 6.07) is 3.64. The highest BCUT2D eigenvalue weighted by atomic mass is 35.5. The maximum atomic E-state index is 12.6. The highest BCUT2D eigenvalue weighted by molar-refractivity contribution is 6.21. The van der Waals surface area contributed by atoms with Crippen LogP contribution in [-0.2, 0) is 0 Å². The molecular formula is C17H25ClN2O. The maximum absolute atomic E-state index is 12.6. The summed E-state index contributed by atoms with van der Waals surface area (Å²) in [5.41, 5.74) is 1.17. The van der Waals surface area contributed by atoms with E-state index in [0.717, 1.165) is 50.6 Å². The van der Waals surface area contributed by atoms with Crippen LogP contribution in [0.3, 0.4) is 0 Å². The van der Waals surface area contributed by atoms with Crippen molar-refractivity contribution in [1.82, 2.24) is 10.3 Å². The normalized spacial score (nSPS) is 25.6. The Labute approximate surface area is 132 Å². The van der Waals surface area contributed by atoms with Crippen molar-refractivity contribution in [2.45, 2.75) is 69.7 Å². The summed E-state index contributed by atoms with van der Waals surface area (Å²) in [7, 11) is 0. The minimum absolute atomic E-state index is 0.0266. The molecule has 1 aliphatic rings. The number of unbranched alkanes of at least 4 members (excludes halogenated alkanes) is 1. The summed E-state index contributed by atoms with van der Waals surface area (Å²) in [6.07, 6.45) is 9.14. The number of hydrogen-bond donors (Lipinski definition) is 1. The molecule has 1 fully saturated rings. The molecule has 2 atom stereocenters. The third-order valence-electron chi connectivity index (χ3n) is 4.52. The lowest BCUT2D eigenvalue weighted by atomic mass is 9.77. The van der Waals surface area contributed by atoms with E-state index in [1.54, 1.807) is 12.3 Å². The van der Waals surface area contributed by atoms with Gasteiger partial charge >= 0.3 is 0 Å². The molecule has 0 aromatic carbocycles. The number of halogens is 1. The summed E-state index contributed by atoms with van der Waals surface area (Å²) >= 11 is 6.62. The van der Waals surface area contributed by atoms with E-state index >= 15 is 0 Å². The predicted molar refractivity (Wildman–Crippen MR) is 86.8 cm³/mol. The largest absolute Gasteiger partial charge is 0.345 e. The zero-order chi connectivity index (χ0) is 15.3. The number of alkyl halides is 1. The zero-order valence-electron chi connectivity index (χ0n) is 13.0. The van der Waals surface area contributed by atoms with Crippen LogP contribution in [0.2, 0.25) is 0 Å². The van der Waals surface area contributed by atoms with Gasteiger partial charge in [0.2, 0.25) is 0 Å². The molecule has 0 spiro atoms. The van der Waals surface area contributed by atoms with E-state index in [1.807, 2.05) is 13.0 Å². The van der Waals surface area contributed by atoms with Crippen molar-refractivity contribution in [2.75, 3.05) is 0 Å². The Bertz CT molecular complexity index is 491. The number of aryl methyl sites for hydroxylation is 1. The Morgan fingerprint density at radius 1 is 1.52 bits per heavy atom. The van der Waals surface area contributed by atoms with Crippen molar-refractivity contribution in [2.24, 2.45) is 0 Å². The SMILES string of the molecule is CCCCC1(NC(=O)c2cccnc2C)CCCCC1Cl. The van der Waals surface area contributed by atoms with Crippen LogP contribution in [0.5, 0.6) is 0 Å². The Morgan fingerprint density at radius 2 is 2.33 bits per heavy atom. The van der Waals surface area contributed by atoms with Gasteiger partial charge < -0.3 is 5.32 Å². The second-order valence-corrected chi connectivity index (χ2v) is 6.59. The summed E-state index contributed by atoms with van der Waals surface area (Å²) in [6.45, 7) is 4.04. The highest BCUT2D eigenvalue weighted by Gasteiger charge is 2.40. The Hall–Kier alpha value is -1.09. The van der Waals surface area contributed by atoms with Crippen molar-refractivity contribution in [3.8, 4) is 0 Å². The van der Waals surface area contributed by atoms with Crippen LogP contribution in [0.1, 0.15) is 67.9 Å². The van der Waals surface area contributed by atoms with Crippen molar-refractivity contribution >= 4 is 17.5 Å². The molecule has 4 heteroatoms. The fourth-order valence-corrected chi connectivity index (χ4v) is 3.62. The molecular weight excluding hydrogens is 284 g/mol. The minimum Gasteiger partial charge on any atom is -0.345 e. The number of hydrogen-bond acceptors (Lipinski definition) is 2. The van der Waals surface area contributed by atoms with Gasteiger partial charge in [0.05, 0.1) is 16.5 Å². The number of nitrogens with one attached hydrogen (secondary N) is 1. The first-order valence-electron chi connectivity index (χ1n) is 7.97. The molecule has 1 heterocycles. The fraction of sp³-hybridized carbons (Fsp3) is 0.647. The number of rotatable bonds is 5. The van der Waals surface area contributed by atoms with E-state index in [4.69, 9.17) is 11.6 Å². The Morgan fingerprint density at radius 3 is 3.00 bits per heavy atom. The molecule has 1 aliphatic carbocycles. The molecule has 1 N–H and O–H groups in total. The van der Waals surface area contributed by atoms with Crippen LogP contribution in [0.25, 0.3) is 0 Å². The minimum atomic E-state index is -0.255. The van der Waals surface area contributed by atoms with Gasteiger partial charge in [0.15, 0.2) is 0 Å². The predicted octanol–water partition coefficient (Wildman–Crippen LogP) is 4.23. The number of carbonyl (C=O) groups is 1. The Kier molecular flexibility index (Phi) is 5.63. The van der Waals surface area contributed by atoms with Crippen molar-refractivity contribution in [1.29, 1.82) is 0 Å². The first-order valence-corrected chi connectivity index (χ1v) is 8.41. The van der Waals surface area contributed by atoms with E-state index in [0.29, 0.717) is 5.56 Å². The molecule has 0 radical (unpaired) electrons. The maximum Gasteiger partial charge on any atom is 0.253 e. The fourth-order valence-electron chi connectivity index (χ4n) is 3.19. The molecule has 0 aliphatic heterocycles. The van der Waals surface area contributed by atoms with Gasteiger partial charge in [-0.2, -0.15) is 0 Å². The molecule has 1 aromatic heterocycles. The average molecular weight is 309 g/mol. The van der Waals surface area contributed by atoms with E-state index < -0.39 is 0 Å². The molecule has 0 bridgehead atoms. The summed E-state index contributed by atoms with van der Waals surface area (Å²) in [4.78, 5) is 16.8. The van der Waals surface area contributed by atoms with Crippen LogP contribution in [0.4, 0.5) is 0 Å². The van der Waals surface area contributed by atoms with Crippen molar-refractivity contribution in [3.63, 3.8) is 0 Å². The van der Waals surface area contributed by atoms with Crippen molar-refractivity contribution in [3.05, 3.63) is 29.6 Å². The lowest BCUT2D eigenvalue weighted by molar-refractivity contribution is 0.0860. The summed E-state index contributed by atoms with van der Waals surface area (Å²) in [5.74, 6) is -0.0377. The number of pyridine rings is 1. The van der Waals surface area contributed by atoms with Gasteiger partial charge in [-0.25, -0.2) is 0 Å². The molecule has 21 heavy (non-hydrogen) atoms. The third-order valence-corrected chi connectivity index (χ3v) is 5.16. The van der Waals surface area contributed by atoms with Gasteiger partial charge in [-0.3, -0.25) is 9.78 Å². The Balaban J connectivity index is 2.18. The molecule has 1 aromatic rings. The smallest absolute Gasteiger partial charge is 0.253 e. The second-order valence-electron chi connectivity index (χ2n) is 6.06. The second kappa shape index (κ2) is 7.26. The van der Waals surface area contributed by atoms with Gasteiger partial charge in [0.1, 0.15) is 0 Å². The van der Waals surface area contributed by atoms with E-state index in [-0.39, 0.29) is 16.8 Å². The van der Waals surface area contributed by atoms with E-state index in [1.165, 1.54) is 0 Å². The van der Waals surface area contributed by atoms with Crippen molar-refractivity contribution < 1.29 is 4.79 Å². The van der Waals surface area contributed by atoms with Crippen LogP contribution in [0, 0.1) is 6.92 Å². The molecule has 1 saturated carbocycles. The lowest BCUT2D eigenvalue weighted by Gasteiger charge is -2.42. The summed E-state index contributed by atoms with van der Waals surface area (Å²) in [5, 5.41) is 3.29. The van der Waals surface area contributed by atoms with Gasteiger partial charge in [-0.15, -0.1) is 11.6 Å². The van der Waals surface area contributed by atoms with Gasteiger partial charge in [-0.1, -0.05) is 32.6 Å². The van der Waals surface area contributed by atoms with Crippen LogP contribution >= 0.6 is 11.6 Å². The zero-order valence-corrected chi connectivity index (χ0v) is 13.7. The number of aromatic nitrogens is 1.